The molecule has 0 aliphatic heterocycles. The highest BCUT2D eigenvalue weighted by atomic mass is 79.9. The second-order valence-corrected chi connectivity index (χ2v) is 5.19. The van der Waals surface area contributed by atoms with Gasteiger partial charge in [0.25, 0.3) is 0 Å². The maximum Gasteiger partial charge on any atom is 0.142 e. The van der Waals surface area contributed by atoms with Gasteiger partial charge >= 0.3 is 0 Å². The molecule has 0 aromatic heterocycles. The predicted molar refractivity (Wildman–Crippen MR) is 79.1 cm³/mol. The van der Waals surface area contributed by atoms with Gasteiger partial charge < -0.3 is 0 Å². The highest BCUT2D eigenvalue weighted by Gasteiger charge is 2.17. The molecule has 0 fully saturated rings. The fraction of sp³-hybridized carbons (Fsp3) is 0.200. The normalized spacial score (nSPS) is 12.4. The third kappa shape index (κ3) is 3.03. The summed E-state index contributed by atoms with van der Waals surface area (Å²) in [5, 5.41) is 0. The van der Waals surface area contributed by atoms with Crippen LogP contribution in [0.25, 0.3) is 0 Å². The van der Waals surface area contributed by atoms with Crippen molar-refractivity contribution in [3.63, 3.8) is 0 Å². The zero-order chi connectivity index (χ0) is 13.8. The Labute approximate surface area is 120 Å². The fourth-order valence-electron chi connectivity index (χ4n) is 2.05. The standard InChI is InChI=1S/C15H16BrFN2/c1-2-10-6-8-11(9-7-10)15(19-18)12-4-3-5-13(16)14(12)17/h3-9,15,19H,2,18H2,1H3. The molecule has 100 valence electrons. The maximum absolute atomic E-state index is 14.1. The van der Waals surface area contributed by atoms with E-state index in [9.17, 15) is 4.39 Å². The number of benzene rings is 2. The van der Waals surface area contributed by atoms with Crippen molar-refractivity contribution < 1.29 is 4.39 Å². The van der Waals surface area contributed by atoms with Gasteiger partial charge in [-0.1, -0.05) is 43.3 Å². The largest absolute Gasteiger partial charge is 0.271 e. The zero-order valence-electron chi connectivity index (χ0n) is 10.7. The zero-order valence-corrected chi connectivity index (χ0v) is 12.2. The van der Waals surface area contributed by atoms with E-state index in [0.717, 1.165) is 12.0 Å². The van der Waals surface area contributed by atoms with Crippen molar-refractivity contribution in [1.82, 2.24) is 5.43 Å². The molecule has 0 saturated carbocycles. The number of rotatable bonds is 4. The molecule has 19 heavy (non-hydrogen) atoms. The summed E-state index contributed by atoms with van der Waals surface area (Å²) in [6, 6.07) is 12.9. The Morgan fingerprint density at radius 2 is 1.89 bits per heavy atom. The molecule has 2 rings (SSSR count). The summed E-state index contributed by atoms with van der Waals surface area (Å²) in [5.41, 5.74) is 5.39. The number of hydrazine groups is 1. The van der Waals surface area contributed by atoms with Crippen LogP contribution >= 0.6 is 15.9 Å². The van der Waals surface area contributed by atoms with Crippen LogP contribution in [0.1, 0.15) is 29.7 Å². The van der Waals surface area contributed by atoms with Crippen LogP contribution in [-0.4, -0.2) is 0 Å². The Morgan fingerprint density at radius 1 is 1.21 bits per heavy atom. The van der Waals surface area contributed by atoms with Crippen LogP contribution in [-0.2, 0) is 6.42 Å². The van der Waals surface area contributed by atoms with Crippen molar-refractivity contribution in [3.05, 3.63) is 69.4 Å². The molecule has 0 spiro atoms. The van der Waals surface area contributed by atoms with E-state index in [-0.39, 0.29) is 11.9 Å². The summed E-state index contributed by atoms with van der Waals surface area (Å²) in [4.78, 5) is 0. The van der Waals surface area contributed by atoms with E-state index in [1.165, 1.54) is 5.56 Å². The lowest BCUT2D eigenvalue weighted by atomic mass is 9.97. The lowest BCUT2D eigenvalue weighted by molar-refractivity contribution is 0.556. The smallest absolute Gasteiger partial charge is 0.142 e. The van der Waals surface area contributed by atoms with Gasteiger partial charge in [-0.15, -0.1) is 0 Å². The lowest BCUT2D eigenvalue weighted by Gasteiger charge is -2.18. The summed E-state index contributed by atoms with van der Waals surface area (Å²) in [6.07, 6.45) is 0.978. The van der Waals surface area contributed by atoms with Gasteiger partial charge in [-0.25, -0.2) is 9.82 Å². The van der Waals surface area contributed by atoms with Gasteiger partial charge in [-0.05, 0) is 39.5 Å². The van der Waals surface area contributed by atoms with Crippen LogP contribution in [0.3, 0.4) is 0 Å². The molecule has 4 heteroatoms. The Kier molecular flexibility index (Phi) is 4.69. The topological polar surface area (TPSA) is 38.0 Å². The number of nitrogens with two attached hydrogens (primary N) is 1. The fourth-order valence-corrected chi connectivity index (χ4v) is 2.44. The van der Waals surface area contributed by atoms with Gasteiger partial charge in [0.2, 0.25) is 0 Å². The summed E-state index contributed by atoms with van der Waals surface area (Å²) in [6.45, 7) is 2.10. The first-order valence-corrected chi connectivity index (χ1v) is 6.95. The third-order valence-electron chi connectivity index (χ3n) is 3.18. The summed E-state index contributed by atoms with van der Waals surface area (Å²) >= 11 is 3.20. The first-order valence-electron chi connectivity index (χ1n) is 6.16. The average molecular weight is 323 g/mol. The molecule has 0 heterocycles. The van der Waals surface area contributed by atoms with E-state index in [4.69, 9.17) is 5.84 Å². The number of halogens is 2. The molecule has 0 bridgehead atoms. The van der Waals surface area contributed by atoms with E-state index in [2.05, 4.69) is 28.3 Å². The van der Waals surface area contributed by atoms with E-state index >= 15 is 0 Å². The van der Waals surface area contributed by atoms with Gasteiger partial charge in [0, 0.05) is 5.56 Å². The van der Waals surface area contributed by atoms with Crippen molar-refractivity contribution in [2.75, 3.05) is 0 Å². The molecule has 3 N–H and O–H groups in total. The Hall–Kier alpha value is -1.23. The first kappa shape index (κ1) is 14.2. The molecule has 0 saturated heterocycles. The van der Waals surface area contributed by atoms with Crippen LogP contribution in [0.4, 0.5) is 4.39 Å². The molecule has 2 aromatic carbocycles. The van der Waals surface area contributed by atoms with Gasteiger partial charge in [-0.3, -0.25) is 5.84 Å². The molecule has 0 radical (unpaired) electrons. The van der Waals surface area contributed by atoms with Crippen molar-refractivity contribution in [1.29, 1.82) is 0 Å². The Bertz CT molecular complexity index is 555. The van der Waals surface area contributed by atoms with Crippen molar-refractivity contribution in [3.8, 4) is 0 Å². The molecule has 2 nitrogen and oxygen atoms in total. The maximum atomic E-state index is 14.1. The average Bonchev–Trinajstić information content (AvgIpc) is 2.45. The third-order valence-corrected chi connectivity index (χ3v) is 3.79. The first-order chi connectivity index (χ1) is 9.17. The second-order valence-electron chi connectivity index (χ2n) is 4.34. The van der Waals surface area contributed by atoms with Crippen molar-refractivity contribution in [2.24, 2.45) is 5.84 Å². The van der Waals surface area contributed by atoms with Crippen LogP contribution in [0.15, 0.2) is 46.9 Å². The van der Waals surface area contributed by atoms with E-state index in [1.54, 1.807) is 18.2 Å². The molecule has 2 aromatic rings. The minimum absolute atomic E-state index is 0.287. The second kappa shape index (κ2) is 6.28. The number of aryl methyl sites for hydroxylation is 1. The SMILES string of the molecule is CCc1ccc(C(NN)c2cccc(Br)c2F)cc1. The number of hydrogen-bond donors (Lipinski definition) is 2. The van der Waals surface area contributed by atoms with Crippen LogP contribution in [0.2, 0.25) is 0 Å². The van der Waals surface area contributed by atoms with Crippen molar-refractivity contribution in [2.45, 2.75) is 19.4 Å². The molecular weight excluding hydrogens is 307 g/mol. The Morgan fingerprint density at radius 3 is 2.47 bits per heavy atom. The van der Waals surface area contributed by atoms with Crippen LogP contribution < -0.4 is 11.3 Å². The Balaban J connectivity index is 2.40. The minimum Gasteiger partial charge on any atom is -0.271 e. The van der Waals surface area contributed by atoms with Gasteiger partial charge in [0.1, 0.15) is 5.82 Å². The summed E-state index contributed by atoms with van der Waals surface area (Å²) in [5.74, 6) is 5.31. The molecular formula is C15H16BrFN2. The summed E-state index contributed by atoms with van der Waals surface area (Å²) in [7, 11) is 0. The van der Waals surface area contributed by atoms with Gasteiger partial charge in [0.15, 0.2) is 0 Å². The molecule has 0 aliphatic rings. The van der Waals surface area contributed by atoms with E-state index < -0.39 is 0 Å². The van der Waals surface area contributed by atoms with Crippen LogP contribution in [0, 0.1) is 5.82 Å². The molecule has 1 atom stereocenters. The van der Waals surface area contributed by atoms with E-state index in [1.807, 2.05) is 24.3 Å². The molecule has 1 unspecified atom stereocenters. The van der Waals surface area contributed by atoms with Gasteiger partial charge in [0.05, 0.1) is 10.5 Å². The monoisotopic (exact) mass is 322 g/mol. The number of hydrogen-bond acceptors (Lipinski definition) is 2. The minimum atomic E-state index is -0.358. The lowest BCUT2D eigenvalue weighted by Crippen LogP contribution is -2.29. The van der Waals surface area contributed by atoms with Gasteiger partial charge in [-0.2, -0.15) is 0 Å². The highest BCUT2D eigenvalue weighted by Crippen LogP contribution is 2.28. The van der Waals surface area contributed by atoms with Crippen LogP contribution in [0.5, 0.6) is 0 Å². The quantitative estimate of drug-likeness (QED) is 0.665. The van der Waals surface area contributed by atoms with Crippen molar-refractivity contribution >= 4 is 15.9 Å². The molecule has 0 amide bonds. The molecule has 0 aliphatic carbocycles. The number of nitrogens with one attached hydrogen (secondary N) is 1. The van der Waals surface area contributed by atoms with E-state index in [0.29, 0.717) is 10.0 Å². The highest BCUT2D eigenvalue weighted by molar-refractivity contribution is 9.10. The summed E-state index contributed by atoms with van der Waals surface area (Å²) < 4.78 is 14.6. The predicted octanol–water partition coefficient (Wildman–Crippen LogP) is 3.70.